The molecule has 0 aliphatic carbocycles. The molecule has 5 heterocycles. The molecule has 0 unspecified atom stereocenters. The second-order valence-electron chi connectivity index (χ2n) is 8.57. The van der Waals surface area contributed by atoms with Gasteiger partial charge in [-0.05, 0) is 38.8 Å². The van der Waals surface area contributed by atoms with Gasteiger partial charge in [-0.25, -0.2) is 9.18 Å². The Kier molecular flexibility index (Phi) is 6.45. The van der Waals surface area contributed by atoms with E-state index in [0.29, 0.717) is 25.1 Å². The second kappa shape index (κ2) is 9.13. The Bertz CT molecular complexity index is 1190. The van der Waals surface area contributed by atoms with Crippen LogP contribution in [0.1, 0.15) is 31.7 Å². The van der Waals surface area contributed by atoms with Gasteiger partial charge in [0.25, 0.3) is 5.56 Å². The van der Waals surface area contributed by atoms with E-state index in [2.05, 4.69) is 25.3 Å². The predicted molar refractivity (Wildman–Crippen MR) is 122 cm³/mol. The standard InChI is InChI=1S/C21H26FN7O2.ClH/c22-21(4-6-23-7-5-21)14-27-8-1-15(2-9-27)29-18-13-24-12-17(16(18)11-25-29)28-10-3-19(30)26-20(28)31;/h3,10-13,15,23H,1-2,4-9,14H2,(H,26,30,31);1H. The van der Waals surface area contributed by atoms with Gasteiger partial charge in [-0.3, -0.25) is 24.0 Å². The molecule has 0 radical (unpaired) electrons. The number of hydrogen-bond donors (Lipinski definition) is 2. The van der Waals surface area contributed by atoms with Crippen LogP contribution in [0.4, 0.5) is 4.39 Å². The van der Waals surface area contributed by atoms with E-state index < -0.39 is 16.9 Å². The minimum absolute atomic E-state index is 0. The molecule has 9 nitrogen and oxygen atoms in total. The fourth-order valence-corrected chi connectivity index (χ4v) is 4.79. The summed E-state index contributed by atoms with van der Waals surface area (Å²) in [7, 11) is 0. The quantitative estimate of drug-likeness (QED) is 0.607. The Morgan fingerprint density at radius 3 is 2.59 bits per heavy atom. The van der Waals surface area contributed by atoms with Gasteiger partial charge in [-0.2, -0.15) is 5.10 Å². The molecule has 0 bridgehead atoms. The number of aromatic nitrogens is 5. The molecule has 11 heteroatoms. The molecule has 2 saturated heterocycles. The van der Waals surface area contributed by atoms with Crippen molar-refractivity contribution in [2.24, 2.45) is 0 Å². The second-order valence-corrected chi connectivity index (χ2v) is 8.57. The number of rotatable bonds is 4. The lowest BCUT2D eigenvalue weighted by atomic mass is 9.92. The number of piperidine rings is 2. The minimum atomic E-state index is -1.08. The summed E-state index contributed by atoms with van der Waals surface area (Å²) >= 11 is 0. The molecule has 32 heavy (non-hydrogen) atoms. The van der Waals surface area contributed by atoms with Gasteiger partial charge in [0.15, 0.2) is 0 Å². The van der Waals surface area contributed by atoms with Crippen LogP contribution in [0.5, 0.6) is 0 Å². The third kappa shape index (κ3) is 4.35. The molecular weight excluding hydrogens is 437 g/mol. The van der Waals surface area contributed by atoms with Gasteiger partial charge in [0.2, 0.25) is 0 Å². The maximum atomic E-state index is 15.0. The molecule has 2 N–H and O–H groups in total. The van der Waals surface area contributed by atoms with Crippen molar-refractivity contribution in [2.75, 3.05) is 32.7 Å². The van der Waals surface area contributed by atoms with Gasteiger partial charge in [0.05, 0.1) is 35.8 Å². The molecule has 172 valence electrons. The number of alkyl halides is 1. The molecule has 2 aliphatic rings. The molecule has 3 aromatic rings. The normalized spacial score (nSPS) is 19.7. The zero-order valence-electron chi connectivity index (χ0n) is 17.7. The summed E-state index contributed by atoms with van der Waals surface area (Å²) in [5.41, 5.74) is -0.620. The van der Waals surface area contributed by atoms with E-state index in [-0.39, 0.29) is 18.4 Å². The fraction of sp³-hybridized carbons (Fsp3) is 0.524. The number of pyridine rings is 1. The van der Waals surface area contributed by atoms with Crippen molar-refractivity contribution in [1.29, 1.82) is 0 Å². The third-order valence-electron chi connectivity index (χ3n) is 6.50. The Hall–Kier alpha value is -2.56. The van der Waals surface area contributed by atoms with Crippen LogP contribution in [0.25, 0.3) is 16.6 Å². The summed E-state index contributed by atoms with van der Waals surface area (Å²) in [6.07, 6.45) is 9.45. The van der Waals surface area contributed by atoms with Gasteiger partial charge >= 0.3 is 5.69 Å². The molecule has 0 spiro atoms. The highest BCUT2D eigenvalue weighted by atomic mass is 35.5. The highest BCUT2D eigenvalue weighted by molar-refractivity contribution is 5.86. The number of H-pyrrole nitrogens is 1. The van der Waals surface area contributed by atoms with Gasteiger partial charge in [-0.1, -0.05) is 0 Å². The maximum absolute atomic E-state index is 15.0. The summed E-state index contributed by atoms with van der Waals surface area (Å²) in [6.45, 7) is 3.66. The highest BCUT2D eigenvalue weighted by Crippen LogP contribution is 2.30. The van der Waals surface area contributed by atoms with Crippen molar-refractivity contribution >= 4 is 23.3 Å². The van der Waals surface area contributed by atoms with E-state index in [9.17, 15) is 9.59 Å². The molecule has 0 atom stereocenters. The van der Waals surface area contributed by atoms with Crippen molar-refractivity contribution in [3.05, 3.63) is 51.7 Å². The number of halogens is 2. The van der Waals surface area contributed by atoms with Crippen molar-refractivity contribution in [1.82, 2.24) is 34.5 Å². The molecule has 0 amide bonds. The topological polar surface area (TPSA) is 101 Å². The Morgan fingerprint density at radius 2 is 1.88 bits per heavy atom. The lowest BCUT2D eigenvalue weighted by molar-refractivity contribution is 0.0464. The molecule has 2 aliphatic heterocycles. The first-order valence-electron chi connectivity index (χ1n) is 10.8. The first-order valence-corrected chi connectivity index (χ1v) is 10.8. The molecule has 0 saturated carbocycles. The number of fused-ring (bicyclic) bond motifs is 1. The van der Waals surface area contributed by atoms with Crippen LogP contribution < -0.4 is 16.6 Å². The average Bonchev–Trinajstić information content (AvgIpc) is 3.19. The Morgan fingerprint density at radius 1 is 1.12 bits per heavy atom. The van der Waals surface area contributed by atoms with Crippen LogP contribution in [0.2, 0.25) is 0 Å². The van der Waals surface area contributed by atoms with Crippen molar-refractivity contribution in [2.45, 2.75) is 37.4 Å². The van der Waals surface area contributed by atoms with Crippen LogP contribution in [0, 0.1) is 0 Å². The van der Waals surface area contributed by atoms with Crippen molar-refractivity contribution < 1.29 is 4.39 Å². The minimum Gasteiger partial charge on any atom is -0.316 e. The summed E-state index contributed by atoms with van der Waals surface area (Å²) in [6, 6.07) is 1.50. The number of nitrogens with one attached hydrogen (secondary N) is 2. The van der Waals surface area contributed by atoms with E-state index >= 15 is 4.39 Å². The smallest absolute Gasteiger partial charge is 0.316 e. The van der Waals surface area contributed by atoms with E-state index in [1.165, 1.54) is 16.8 Å². The first-order chi connectivity index (χ1) is 15.0. The zero-order valence-corrected chi connectivity index (χ0v) is 18.5. The SMILES string of the molecule is Cl.O=c1ccn(-c2cncc3c2cnn3C2CCN(CC3(F)CCNCC3)CC2)c(=O)[nH]1. The van der Waals surface area contributed by atoms with Crippen LogP contribution in [-0.2, 0) is 0 Å². The van der Waals surface area contributed by atoms with Crippen LogP contribution in [-0.4, -0.2) is 67.6 Å². The number of nitrogens with zero attached hydrogens (tertiary/aromatic N) is 5. The van der Waals surface area contributed by atoms with Gasteiger partial charge < -0.3 is 10.2 Å². The summed E-state index contributed by atoms with van der Waals surface area (Å²) in [5.74, 6) is 0. The van der Waals surface area contributed by atoms with Gasteiger partial charge in [0, 0.05) is 37.3 Å². The Labute approximate surface area is 190 Å². The third-order valence-corrected chi connectivity index (χ3v) is 6.50. The largest absolute Gasteiger partial charge is 0.332 e. The molecule has 3 aromatic heterocycles. The van der Waals surface area contributed by atoms with Crippen LogP contribution >= 0.6 is 12.4 Å². The van der Waals surface area contributed by atoms with Gasteiger partial charge in [-0.15, -0.1) is 12.4 Å². The lowest BCUT2D eigenvalue weighted by Gasteiger charge is -2.38. The fourth-order valence-electron chi connectivity index (χ4n) is 4.79. The molecule has 0 aromatic carbocycles. The van der Waals surface area contributed by atoms with Gasteiger partial charge in [0.1, 0.15) is 5.67 Å². The molecular formula is C21H27ClFN7O2. The predicted octanol–water partition coefficient (Wildman–Crippen LogP) is 1.42. The van der Waals surface area contributed by atoms with E-state index in [1.807, 2.05) is 4.68 Å². The average molecular weight is 464 g/mol. The van der Waals surface area contributed by atoms with E-state index in [4.69, 9.17) is 0 Å². The summed E-state index contributed by atoms with van der Waals surface area (Å²) < 4.78 is 18.4. The number of aromatic amines is 1. The summed E-state index contributed by atoms with van der Waals surface area (Å²) in [5, 5.41) is 8.62. The zero-order chi connectivity index (χ0) is 21.4. The first kappa shape index (κ1) is 22.6. The van der Waals surface area contributed by atoms with Crippen molar-refractivity contribution in [3.63, 3.8) is 0 Å². The molecule has 2 fully saturated rings. The summed E-state index contributed by atoms with van der Waals surface area (Å²) in [4.78, 5) is 32.4. The van der Waals surface area contributed by atoms with E-state index in [0.717, 1.165) is 49.9 Å². The molecule has 5 rings (SSSR count). The van der Waals surface area contributed by atoms with Crippen LogP contribution in [0.3, 0.4) is 0 Å². The maximum Gasteiger partial charge on any atom is 0.332 e. The monoisotopic (exact) mass is 463 g/mol. The van der Waals surface area contributed by atoms with E-state index in [1.54, 1.807) is 18.6 Å². The Balaban J connectivity index is 0.00000245. The highest BCUT2D eigenvalue weighted by Gasteiger charge is 2.35. The lowest BCUT2D eigenvalue weighted by Crippen LogP contribution is -2.48. The van der Waals surface area contributed by atoms with Crippen molar-refractivity contribution in [3.8, 4) is 5.69 Å². The van der Waals surface area contributed by atoms with Crippen LogP contribution in [0.15, 0.2) is 40.4 Å². The number of hydrogen-bond acceptors (Lipinski definition) is 6. The number of likely N-dealkylation sites (tertiary alicyclic amines) is 1.